The lowest BCUT2D eigenvalue weighted by Crippen LogP contribution is -2.50. The molecule has 4 aliphatic rings. The number of anilines is 1. The molecule has 1 atom stereocenters. The molecule has 1 heterocycles. The number of pyridine rings is 1. The first-order chi connectivity index (χ1) is 19.5. The van der Waals surface area contributed by atoms with E-state index >= 15 is 0 Å². The number of rotatable bonds is 7. The van der Waals surface area contributed by atoms with Crippen molar-refractivity contribution < 1.29 is 27.3 Å². The third-order valence-electron chi connectivity index (χ3n) is 8.68. The summed E-state index contributed by atoms with van der Waals surface area (Å²) in [6.07, 6.45) is 11.2. The van der Waals surface area contributed by atoms with E-state index in [1.165, 1.54) is 19.3 Å². The van der Waals surface area contributed by atoms with Gasteiger partial charge >= 0.3 is 5.97 Å². The van der Waals surface area contributed by atoms with Crippen LogP contribution < -0.4 is 11.1 Å². The maximum Gasteiger partial charge on any atom is 0.312 e. The topological polar surface area (TPSA) is 149 Å². The third-order valence-corrected chi connectivity index (χ3v) is 8.68. The lowest BCUT2D eigenvalue weighted by atomic mass is 9.49. The minimum Gasteiger partial charge on any atom is -0.460 e. The van der Waals surface area contributed by atoms with E-state index in [9.17, 15) is 18.0 Å². The highest BCUT2D eigenvalue weighted by atomic mass is 32.2. The smallest absolute Gasteiger partial charge is 0.312 e. The number of ether oxygens (including phenoxy) is 1. The molecule has 0 unspecified atom stereocenters. The summed E-state index contributed by atoms with van der Waals surface area (Å²) in [6, 6.07) is 15.4. The van der Waals surface area contributed by atoms with Gasteiger partial charge in [0.2, 0.25) is 5.91 Å². The standard InChI is InChI=1S/C30H33N3O3.CH4O3S/c31-16-27(28(34)33-26-6-5-25-17-32-8-7-24(25)12-26)23-3-1-19(2-4-23)18-36-29(35)30-13-20-9-21(14-30)11-22(10-20)15-30;1-5(2,3)4/h1-8,12,17,20-22,27H,9-11,13-16,18,31H2,(H,33,34);1H3,(H,2,3,4)/t20?,21?,22?,27-,30?;/m1./s1. The van der Waals surface area contributed by atoms with E-state index in [1.807, 2.05) is 48.5 Å². The Balaban J connectivity index is 0.000000623. The molecule has 0 radical (unpaired) electrons. The molecule has 2 aromatic carbocycles. The Kier molecular flexibility index (Phi) is 8.45. The lowest BCUT2D eigenvalue weighted by Gasteiger charge is -2.55. The molecule has 10 heteroatoms. The van der Waals surface area contributed by atoms with E-state index in [4.69, 9.17) is 15.0 Å². The van der Waals surface area contributed by atoms with Crippen LogP contribution in [0.5, 0.6) is 0 Å². The normalized spacial score (nSPS) is 25.2. The second-order valence-corrected chi connectivity index (χ2v) is 13.4. The Labute approximate surface area is 240 Å². The third kappa shape index (κ3) is 7.12. The molecule has 1 amide bonds. The van der Waals surface area contributed by atoms with Crippen LogP contribution in [0.1, 0.15) is 55.6 Å². The number of hydrogen-bond donors (Lipinski definition) is 3. The van der Waals surface area contributed by atoms with Crippen LogP contribution in [-0.4, -0.2) is 42.6 Å². The van der Waals surface area contributed by atoms with Crippen molar-refractivity contribution in [2.45, 2.75) is 51.0 Å². The number of amides is 1. The predicted molar refractivity (Wildman–Crippen MR) is 156 cm³/mol. The quantitative estimate of drug-likeness (QED) is 0.270. The van der Waals surface area contributed by atoms with Crippen LogP contribution in [0, 0.1) is 23.2 Å². The molecule has 7 rings (SSSR count). The van der Waals surface area contributed by atoms with Crippen molar-refractivity contribution in [3.63, 3.8) is 0 Å². The molecule has 41 heavy (non-hydrogen) atoms. The monoisotopic (exact) mass is 579 g/mol. The molecule has 1 aromatic heterocycles. The van der Waals surface area contributed by atoms with E-state index in [0.29, 0.717) is 24.0 Å². The maximum absolute atomic E-state index is 13.1. The summed E-state index contributed by atoms with van der Waals surface area (Å²) >= 11 is 0. The van der Waals surface area contributed by atoms with Gasteiger partial charge in [-0.05, 0) is 91.0 Å². The van der Waals surface area contributed by atoms with E-state index in [-0.39, 0.29) is 30.4 Å². The molecule has 4 saturated carbocycles. The molecule has 4 aliphatic carbocycles. The van der Waals surface area contributed by atoms with Gasteiger partial charge in [0.1, 0.15) is 6.61 Å². The maximum atomic E-state index is 13.1. The number of benzene rings is 2. The SMILES string of the molecule is CS(=O)(=O)O.NC[C@@H](C(=O)Nc1ccc2cnccc2c1)c1ccc(COC(=O)C23CC4CC(CC(C4)C2)C3)cc1. The van der Waals surface area contributed by atoms with Crippen molar-refractivity contribution in [1.82, 2.24) is 4.98 Å². The first kappa shape index (κ1) is 29.2. The van der Waals surface area contributed by atoms with Gasteiger partial charge in [-0.15, -0.1) is 0 Å². The van der Waals surface area contributed by atoms with Crippen molar-refractivity contribution >= 4 is 38.5 Å². The van der Waals surface area contributed by atoms with Crippen LogP contribution in [0.3, 0.4) is 0 Å². The fourth-order valence-electron chi connectivity index (χ4n) is 7.29. The second-order valence-electron chi connectivity index (χ2n) is 12.0. The van der Waals surface area contributed by atoms with E-state index < -0.39 is 16.0 Å². The van der Waals surface area contributed by atoms with E-state index in [2.05, 4.69) is 10.3 Å². The number of aromatic nitrogens is 1. The summed E-state index contributed by atoms with van der Waals surface area (Å²) in [5.41, 5.74) is 8.25. The molecular weight excluding hydrogens is 542 g/mol. The first-order valence-electron chi connectivity index (χ1n) is 14.0. The van der Waals surface area contributed by atoms with Crippen LogP contribution in [0.4, 0.5) is 5.69 Å². The van der Waals surface area contributed by atoms with Crippen molar-refractivity contribution in [2.75, 3.05) is 18.1 Å². The van der Waals surface area contributed by atoms with Crippen molar-refractivity contribution in [3.8, 4) is 0 Å². The number of hydrogen-bond acceptors (Lipinski definition) is 7. The molecule has 0 spiro atoms. The molecule has 0 aliphatic heterocycles. The number of nitrogens with one attached hydrogen (secondary N) is 1. The zero-order valence-electron chi connectivity index (χ0n) is 23.2. The average molecular weight is 580 g/mol. The average Bonchev–Trinajstić information content (AvgIpc) is 2.91. The van der Waals surface area contributed by atoms with Gasteiger partial charge in [0.05, 0.1) is 17.6 Å². The number of carbonyl (C=O) groups is 2. The summed E-state index contributed by atoms with van der Waals surface area (Å²) in [5.74, 6) is 1.53. The summed E-state index contributed by atoms with van der Waals surface area (Å²) < 4.78 is 31.7. The van der Waals surface area contributed by atoms with E-state index in [1.54, 1.807) is 12.4 Å². The van der Waals surface area contributed by atoms with Crippen LogP contribution in [0.15, 0.2) is 60.9 Å². The minimum atomic E-state index is -3.67. The molecular formula is C31H37N3O6S. The number of carbonyl (C=O) groups excluding carboxylic acids is 2. The highest BCUT2D eigenvalue weighted by Gasteiger charge is 2.55. The lowest BCUT2D eigenvalue weighted by molar-refractivity contribution is -0.173. The number of nitrogens with two attached hydrogens (primary N) is 1. The molecule has 4 bridgehead atoms. The second kappa shape index (κ2) is 11.9. The van der Waals surface area contributed by atoms with Gasteiger partial charge in [-0.2, -0.15) is 8.42 Å². The molecule has 4 N–H and O–H groups in total. The van der Waals surface area contributed by atoms with Gasteiger partial charge in [-0.25, -0.2) is 0 Å². The zero-order chi connectivity index (χ0) is 29.2. The molecule has 0 saturated heterocycles. The van der Waals surface area contributed by atoms with Gasteiger partial charge in [0.15, 0.2) is 0 Å². The van der Waals surface area contributed by atoms with E-state index in [0.717, 1.165) is 46.8 Å². The highest BCUT2D eigenvalue weighted by Crippen LogP contribution is 2.60. The van der Waals surface area contributed by atoms with Crippen molar-refractivity contribution in [1.29, 1.82) is 0 Å². The fraction of sp³-hybridized carbons (Fsp3) is 0.452. The Hall–Kier alpha value is -3.34. The number of esters is 1. The summed E-state index contributed by atoms with van der Waals surface area (Å²) in [4.78, 5) is 30.3. The number of nitrogens with zero attached hydrogens (tertiary/aromatic N) is 1. The fourth-order valence-corrected chi connectivity index (χ4v) is 7.29. The number of fused-ring (bicyclic) bond motifs is 1. The van der Waals surface area contributed by atoms with Crippen molar-refractivity contribution in [3.05, 3.63) is 72.1 Å². The molecule has 3 aromatic rings. The van der Waals surface area contributed by atoms with Crippen LogP contribution in [0.2, 0.25) is 0 Å². The summed E-state index contributed by atoms with van der Waals surface area (Å²) in [5, 5.41) is 5.02. The zero-order valence-corrected chi connectivity index (χ0v) is 24.0. The summed E-state index contributed by atoms with van der Waals surface area (Å²) in [7, 11) is -3.67. The highest BCUT2D eigenvalue weighted by molar-refractivity contribution is 7.85. The largest absolute Gasteiger partial charge is 0.460 e. The molecule has 4 fully saturated rings. The van der Waals surface area contributed by atoms with Crippen LogP contribution in [-0.2, 0) is 31.1 Å². The summed E-state index contributed by atoms with van der Waals surface area (Å²) in [6.45, 7) is 0.468. The predicted octanol–water partition coefficient (Wildman–Crippen LogP) is 4.68. The molecule has 218 valence electrons. The minimum absolute atomic E-state index is 0.00365. The van der Waals surface area contributed by atoms with Crippen LogP contribution in [0.25, 0.3) is 10.8 Å². The Morgan fingerprint density at radius 3 is 2.22 bits per heavy atom. The van der Waals surface area contributed by atoms with Gasteiger partial charge < -0.3 is 15.8 Å². The Bertz CT molecular complexity index is 1480. The van der Waals surface area contributed by atoms with Gasteiger partial charge in [0.25, 0.3) is 10.1 Å². The Morgan fingerprint density at radius 1 is 1.02 bits per heavy atom. The van der Waals surface area contributed by atoms with Crippen LogP contribution >= 0.6 is 0 Å². The first-order valence-corrected chi connectivity index (χ1v) is 15.9. The molecule has 9 nitrogen and oxygen atoms in total. The van der Waals surface area contributed by atoms with Gasteiger partial charge in [-0.3, -0.25) is 19.1 Å². The Morgan fingerprint density at radius 2 is 1.63 bits per heavy atom. The van der Waals surface area contributed by atoms with Gasteiger partial charge in [-0.1, -0.05) is 30.3 Å². The van der Waals surface area contributed by atoms with Crippen molar-refractivity contribution in [2.24, 2.45) is 28.9 Å². The van der Waals surface area contributed by atoms with Gasteiger partial charge in [0, 0.05) is 30.0 Å².